The lowest BCUT2D eigenvalue weighted by molar-refractivity contribution is 0.0431. The van der Waals surface area contributed by atoms with Gasteiger partial charge in [-0.05, 0) is 47.6 Å². The second-order valence-corrected chi connectivity index (χ2v) is 7.61. The average Bonchev–Trinajstić information content (AvgIpc) is 2.89. The molecular formula is C18H26N2S. The van der Waals surface area contributed by atoms with Gasteiger partial charge in [0, 0.05) is 29.9 Å². The summed E-state index contributed by atoms with van der Waals surface area (Å²) in [7, 11) is 0. The van der Waals surface area contributed by atoms with Gasteiger partial charge in [-0.25, -0.2) is 0 Å². The van der Waals surface area contributed by atoms with E-state index in [9.17, 15) is 0 Å². The van der Waals surface area contributed by atoms with E-state index in [2.05, 4.69) is 55.3 Å². The van der Waals surface area contributed by atoms with E-state index in [-0.39, 0.29) is 0 Å². The van der Waals surface area contributed by atoms with Crippen LogP contribution in [0.1, 0.15) is 38.8 Å². The third-order valence-electron chi connectivity index (χ3n) is 5.14. The molecule has 1 aliphatic heterocycles. The van der Waals surface area contributed by atoms with Crippen molar-refractivity contribution in [3.63, 3.8) is 0 Å². The van der Waals surface area contributed by atoms with Crippen molar-refractivity contribution < 1.29 is 0 Å². The van der Waals surface area contributed by atoms with Crippen molar-refractivity contribution in [2.45, 2.75) is 39.3 Å². The Kier molecular flexibility index (Phi) is 4.34. The Hall–Kier alpha value is -0.900. The van der Waals surface area contributed by atoms with Crippen molar-refractivity contribution in [2.24, 2.45) is 17.6 Å². The monoisotopic (exact) mass is 302 g/mol. The van der Waals surface area contributed by atoms with Gasteiger partial charge in [-0.15, -0.1) is 11.3 Å². The van der Waals surface area contributed by atoms with Gasteiger partial charge in [0.25, 0.3) is 0 Å². The minimum atomic E-state index is 0.348. The molecule has 21 heavy (non-hydrogen) atoms. The fourth-order valence-electron chi connectivity index (χ4n) is 3.87. The molecule has 4 atom stereocenters. The van der Waals surface area contributed by atoms with Crippen molar-refractivity contribution in [1.29, 1.82) is 0 Å². The molecule has 0 aliphatic carbocycles. The van der Waals surface area contributed by atoms with Crippen LogP contribution in [-0.2, 0) is 0 Å². The van der Waals surface area contributed by atoms with Gasteiger partial charge in [-0.1, -0.05) is 32.0 Å². The van der Waals surface area contributed by atoms with E-state index in [4.69, 9.17) is 5.73 Å². The minimum absolute atomic E-state index is 0.348. The lowest BCUT2D eigenvalue weighted by Crippen LogP contribution is -2.49. The summed E-state index contributed by atoms with van der Waals surface area (Å²) in [6.45, 7) is 8.98. The zero-order valence-corrected chi connectivity index (χ0v) is 14.1. The van der Waals surface area contributed by atoms with E-state index < -0.39 is 0 Å². The fourth-order valence-corrected chi connectivity index (χ4v) is 4.88. The standard InChI is InChI=1S/C18H26N2S/c1-12-8-13(2)14(3)20(10-12)17(9-19)16-11-21-18-7-5-4-6-15(16)18/h4-7,11-14,17H,8-10,19H2,1-3H3. The van der Waals surface area contributed by atoms with E-state index >= 15 is 0 Å². The first-order valence-corrected chi connectivity index (χ1v) is 8.91. The van der Waals surface area contributed by atoms with Crippen molar-refractivity contribution >= 4 is 21.4 Å². The molecule has 114 valence electrons. The van der Waals surface area contributed by atoms with Crippen molar-refractivity contribution in [3.05, 3.63) is 35.2 Å². The number of likely N-dealkylation sites (tertiary alicyclic amines) is 1. The molecule has 0 bridgehead atoms. The third-order valence-corrected chi connectivity index (χ3v) is 6.12. The molecular weight excluding hydrogens is 276 g/mol. The van der Waals surface area contributed by atoms with Gasteiger partial charge >= 0.3 is 0 Å². The van der Waals surface area contributed by atoms with Crippen LogP contribution >= 0.6 is 11.3 Å². The second-order valence-electron chi connectivity index (χ2n) is 6.69. The molecule has 0 spiro atoms. The smallest absolute Gasteiger partial charge is 0.0487 e. The highest BCUT2D eigenvalue weighted by molar-refractivity contribution is 7.17. The highest BCUT2D eigenvalue weighted by Gasteiger charge is 2.34. The molecule has 1 saturated heterocycles. The molecule has 2 nitrogen and oxygen atoms in total. The summed E-state index contributed by atoms with van der Waals surface area (Å²) < 4.78 is 1.37. The van der Waals surface area contributed by atoms with Crippen molar-refractivity contribution in [3.8, 4) is 0 Å². The van der Waals surface area contributed by atoms with E-state index in [1.165, 1.54) is 22.1 Å². The summed E-state index contributed by atoms with van der Waals surface area (Å²) in [6, 6.07) is 9.66. The van der Waals surface area contributed by atoms with Gasteiger partial charge in [-0.2, -0.15) is 0 Å². The first-order valence-electron chi connectivity index (χ1n) is 8.03. The number of nitrogens with two attached hydrogens (primary N) is 1. The second kappa shape index (κ2) is 6.07. The maximum absolute atomic E-state index is 6.20. The number of thiophene rings is 1. The van der Waals surface area contributed by atoms with Crippen LogP contribution < -0.4 is 5.73 Å². The number of rotatable bonds is 3. The molecule has 0 saturated carbocycles. The Labute approximate surface area is 131 Å². The van der Waals surface area contributed by atoms with Crippen LogP contribution in [0.15, 0.2) is 29.6 Å². The maximum Gasteiger partial charge on any atom is 0.0487 e. The first kappa shape index (κ1) is 15.0. The summed E-state index contributed by atoms with van der Waals surface area (Å²) in [6.07, 6.45) is 1.33. The molecule has 2 aromatic rings. The summed E-state index contributed by atoms with van der Waals surface area (Å²) in [5, 5.41) is 3.70. The number of hydrogen-bond donors (Lipinski definition) is 1. The summed E-state index contributed by atoms with van der Waals surface area (Å²) in [4.78, 5) is 2.65. The number of benzene rings is 1. The molecule has 2 N–H and O–H groups in total. The Bertz CT molecular complexity index is 606. The Morgan fingerprint density at radius 3 is 2.81 bits per heavy atom. The first-order chi connectivity index (χ1) is 10.1. The van der Waals surface area contributed by atoms with Crippen LogP contribution in [0.25, 0.3) is 10.1 Å². The summed E-state index contributed by atoms with van der Waals surface area (Å²) in [5.41, 5.74) is 7.62. The van der Waals surface area contributed by atoms with Crippen molar-refractivity contribution in [2.75, 3.05) is 13.1 Å². The number of piperidine rings is 1. The molecule has 1 aromatic heterocycles. The van der Waals surface area contributed by atoms with Gasteiger partial charge in [0.2, 0.25) is 0 Å². The number of nitrogens with zero attached hydrogens (tertiary/aromatic N) is 1. The highest BCUT2D eigenvalue weighted by atomic mass is 32.1. The van der Waals surface area contributed by atoms with Crippen molar-refractivity contribution in [1.82, 2.24) is 4.90 Å². The third kappa shape index (κ3) is 2.75. The maximum atomic E-state index is 6.20. The van der Waals surface area contributed by atoms with Crippen LogP contribution in [0.5, 0.6) is 0 Å². The predicted molar refractivity (Wildman–Crippen MR) is 92.7 cm³/mol. The molecule has 3 rings (SSSR count). The van der Waals surface area contributed by atoms with E-state index in [1.54, 1.807) is 0 Å². The minimum Gasteiger partial charge on any atom is -0.329 e. The van der Waals surface area contributed by atoms with Gasteiger partial charge in [-0.3, -0.25) is 4.90 Å². The van der Waals surface area contributed by atoms with Crippen LogP contribution in [0.4, 0.5) is 0 Å². The number of hydrogen-bond acceptors (Lipinski definition) is 3. The lowest BCUT2D eigenvalue weighted by atomic mass is 9.84. The normalized spacial score (nSPS) is 28.9. The Morgan fingerprint density at radius 2 is 2.05 bits per heavy atom. The number of fused-ring (bicyclic) bond motifs is 1. The molecule has 3 heteroatoms. The summed E-state index contributed by atoms with van der Waals surface area (Å²) in [5.74, 6) is 1.50. The molecule has 0 amide bonds. The average molecular weight is 302 g/mol. The van der Waals surface area contributed by atoms with E-state index in [0.29, 0.717) is 18.6 Å². The van der Waals surface area contributed by atoms with Gasteiger partial charge < -0.3 is 5.73 Å². The quantitative estimate of drug-likeness (QED) is 0.917. The van der Waals surface area contributed by atoms with E-state index in [0.717, 1.165) is 18.4 Å². The topological polar surface area (TPSA) is 29.3 Å². The molecule has 2 heterocycles. The molecule has 0 radical (unpaired) electrons. The van der Waals surface area contributed by atoms with Crippen LogP contribution in [0, 0.1) is 11.8 Å². The fraction of sp³-hybridized carbons (Fsp3) is 0.556. The molecule has 1 aromatic carbocycles. The van der Waals surface area contributed by atoms with Crippen LogP contribution in [0.2, 0.25) is 0 Å². The SMILES string of the molecule is CC1CC(C)C(C)N(C(CN)c2csc3ccccc23)C1. The molecule has 1 fully saturated rings. The Morgan fingerprint density at radius 1 is 1.29 bits per heavy atom. The van der Waals surface area contributed by atoms with Gasteiger partial charge in [0.05, 0.1) is 0 Å². The zero-order chi connectivity index (χ0) is 15.0. The van der Waals surface area contributed by atoms with Gasteiger partial charge in [0.1, 0.15) is 0 Å². The summed E-state index contributed by atoms with van der Waals surface area (Å²) >= 11 is 1.84. The van der Waals surface area contributed by atoms with Crippen LogP contribution in [0.3, 0.4) is 0 Å². The largest absolute Gasteiger partial charge is 0.329 e. The zero-order valence-electron chi connectivity index (χ0n) is 13.3. The highest BCUT2D eigenvalue weighted by Crippen LogP contribution is 2.37. The van der Waals surface area contributed by atoms with Gasteiger partial charge in [0.15, 0.2) is 0 Å². The Balaban J connectivity index is 1.97. The van der Waals surface area contributed by atoms with E-state index in [1.807, 2.05) is 11.3 Å². The molecule has 1 aliphatic rings. The predicted octanol–water partition coefficient (Wildman–Crippen LogP) is 4.27. The molecule has 4 unspecified atom stereocenters. The lowest BCUT2D eigenvalue weighted by Gasteiger charge is -2.45. The van der Waals surface area contributed by atoms with Crippen LogP contribution in [-0.4, -0.2) is 24.0 Å².